The van der Waals surface area contributed by atoms with E-state index in [0.717, 1.165) is 22.1 Å². The number of amides is 1. The summed E-state index contributed by atoms with van der Waals surface area (Å²) < 4.78 is 5.04. The molecule has 0 radical (unpaired) electrons. The van der Waals surface area contributed by atoms with Crippen LogP contribution in [0.4, 0.5) is 0 Å². The predicted octanol–water partition coefficient (Wildman–Crippen LogP) is 6.80. The van der Waals surface area contributed by atoms with E-state index in [2.05, 4.69) is 9.97 Å². The highest BCUT2D eigenvalue weighted by Crippen LogP contribution is 2.37. The Morgan fingerprint density at radius 2 is 1.69 bits per heavy atom. The van der Waals surface area contributed by atoms with Gasteiger partial charge in [-0.1, -0.05) is 65.7 Å². The van der Waals surface area contributed by atoms with Crippen LogP contribution in [0.25, 0.3) is 22.0 Å². The topological polar surface area (TPSA) is 91.6 Å². The van der Waals surface area contributed by atoms with Crippen LogP contribution in [0.3, 0.4) is 0 Å². The summed E-state index contributed by atoms with van der Waals surface area (Å²) in [4.78, 5) is 34.2. The Morgan fingerprint density at radius 3 is 2.41 bits per heavy atom. The number of carbonyl (C=O) groups excluding carboxylic acids is 1. The molecule has 3 aromatic carbocycles. The van der Waals surface area contributed by atoms with Crippen LogP contribution in [0.15, 0.2) is 99.8 Å². The number of pyridine rings is 1. The van der Waals surface area contributed by atoms with E-state index in [4.69, 9.17) is 32.7 Å². The van der Waals surface area contributed by atoms with Crippen molar-refractivity contribution in [3.8, 4) is 11.1 Å². The predicted molar refractivity (Wildman–Crippen MR) is 152 cm³/mol. The van der Waals surface area contributed by atoms with E-state index in [0.29, 0.717) is 45.4 Å². The molecule has 0 saturated carbocycles. The van der Waals surface area contributed by atoms with Gasteiger partial charge in [0, 0.05) is 45.8 Å². The van der Waals surface area contributed by atoms with Crippen molar-refractivity contribution in [2.75, 3.05) is 0 Å². The van der Waals surface area contributed by atoms with E-state index < -0.39 is 6.04 Å². The Kier molecular flexibility index (Phi) is 6.77. The molecule has 1 atom stereocenters. The number of oxazole rings is 1. The molecule has 1 aliphatic rings. The number of aromatic nitrogens is 2. The third-order valence-corrected chi connectivity index (χ3v) is 7.35. The van der Waals surface area contributed by atoms with Gasteiger partial charge >= 0.3 is 0 Å². The Bertz CT molecular complexity index is 1740. The summed E-state index contributed by atoms with van der Waals surface area (Å²) in [5, 5.41) is 8.34. The largest absolute Gasteiger partial charge is 0.451 e. The molecule has 0 saturated heterocycles. The van der Waals surface area contributed by atoms with Crippen LogP contribution >= 0.6 is 23.2 Å². The highest BCUT2D eigenvalue weighted by molar-refractivity contribution is 6.31. The van der Waals surface area contributed by atoms with Crippen molar-refractivity contribution in [2.45, 2.75) is 25.3 Å². The maximum Gasteiger partial charge on any atom is 0.258 e. The molecule has 0 bridgehead atoms. The molecule has 39 heavy (non-hydrogen) atoms. The van der Waals surface area contributed by atoms with Gasteiger partial charge in [-0.2, -0.15) is 5.10 Å². The summed E-state index contributed by atoms with van der Waals surface area (Å²) in [6.45, 7) is 0. The zero-order valence-electron chi connectivity index (χ0n) is 20.6. The number of carbonyl (C=O) groups is 1. The van der Waals surface area contributed by atoms with Crippen LogP contribution in [0.5, 0.6) is 0 Å². The van der Waals surface area contributed by atoms with Crippen molar-refractivity contribution < 1.29 is 9.21 Å². The maximum absolute atomic E-state index is 13.6. The smallest absolute Gasteiger partial charge is 0.258 e. The molecule has 0 spiro atoms. The number of nitrogens with zero attached hydrogens (tertiary/aromatic N) is 3. The zero-order chi connectivity index (χ0) is 26.9. The second kappa shape index (κ2) is 10.5. The highest BCUT2D eigenvalue weighted by atomic mass is 35.5. The first-order chi connectivity index (χ1) is 19.0. The van der Waals surface area contributed by atoms with Crippen LogP contribution in [0, 0.1) is 0 Å². The van der Waals surface area contributed by atoms with E-state index in [1.807, 2.05) is 48.5 Å². The van der Waals surface area contributed by atoms with E-state index >= 15 is 0 Å². The van der Waals surface area contributed by atoms with Crippen molar-refractivity contribution in [1.82, 2.24) is 15.0 Å². The number of rotatable bonds is 6. The fraction of sp³-hybridized carbons (Fsp3) is 0.133. The fourth-order valence-corrected chi connectivity index (χ4v) is 5.23. The summed E-state index contributed by atoms with van der Waals surface area (Å²) in [5.41, 5.74) is 4.54. The number of fused-ring (bicyclic) bond motifs is 1. The van der Waals surface area contributed by atoms with Gasteiger partial charge in [-0.15, -0.1) is 0 Å². The molecule has 3 heterocycles. The van der Waals surface area contributed by atoms with Gasteiger partial charge in [0.05, 0.1) is 23.0 Å². The fourth-order valence-electron chi connectivity index (χ4n) is 4.98. The van der Waals surface area contributed by atoms with Gasteiger partial charge < -0.3 is 9.40 Å². The third-order valence-electron chi connectivity index (χ3n) is 6.84. The SMILES string of the molecule is O=C(CCc1cocn1)N1N=C(c2c(-c3ccc(Cl)cc3)c3ccccc3[nH]c2=O)C[C@H]1c1ccc(Cl)cc1. The molecule has 9 heteroatoms. The Balaban J connectivity index is 1.48. The van der Waals surface area contributed by atoms with Crippen molar-refractivity contribution in [3.05, 3.63) is 123 Å². The van der Waals surface area contributed by atoms with Crippen molar-refractivity contribution in [1.29, 1.82) is 0 Å². The van der Waals surface area contributed by atoms with E-state index in [1.54, 1.807) is 24.3 Å². The lowest BCUT2D eigenvalue weighted by Gasteiger charge is -2.22. The standard InChI is InChI=1S/C30H22Cl2N4O3/c31-20-9-5-18(6-10-20)26-15-25(35-36(26)27(37)14-13-22-16-39-17-33-22)29-28(19-7-11-21(32)12-8-19)23-3-1-2-4-24(23)34-30(29)38/h1-12,16-17,26H,13-15H2,(H,34,38)/t26-/m0/s1. The van der Waals surface area contributed by atoms with Crippen LogP contribution in [-0.4, -0.2) is 26.6 Å². The second-order valence-electron chi connectivity index (χ2n) is 9.29. The molecule has 1 N–H and O–H groups in total. The Hall–Kier alpha value is -4.20. The molecule has 1 amide bonds. The molecule has 0 aliphatic carbocycles. The van der Waals surface area contributed by atoms with Gasteiger partial charge in [-0.25, -0.2) is 9.99 Å². The maximum atomic E-state index is 13.6. The summed E-state index contributed by atoms with van der Waals surface area (Å²) in [6, 6.07) is 21.9. The summed E-state index contributed by atoms with van der Waals surface area (Å²) in [7, 11) is 0. The lowest BCUT2D eigenvalue weighted by atomic mass is 9.91. The Morgan fingerprint density at radius 1 is 0.974 bits per heavy atom. The number of halogens is 2. The molecule has 2 aromatic heterocycles. The zero-order valence-corrected chi connectivity index (χ0v) is 22.1. The van der Waals surface area contributed by atoms with Crippen LogP contribution in [0.2, 0.25) is 10.0 Å². The normalized spacial score (nSPS) is 15.1. The van der Waals surface area contributed by atoms with Gasteiger partial charge in [0.1, 0.15) is 6.26 Å². The number of benzene rings is 3. The summed E-state index contributed by atoms with van der Waals surface area (Å²) in [6.07, 6.45) is 3.82. The molecule has 6 rings (SSSR count). The molecule has 194 valence electrons. The average Bonchev–Trinajstić information content (AvgIpc) is 3.63. The molecule has 1 aliphatic heterocycles. The summed E-state index contributed by atoms with van der Waals surface area (Å²) >= 11 is 12.3. The van der Waals surface area contributed by atoms with E-state index in [9.17, 15) is 9.59 Å². The number of nitrogens with one attached hydrogen (secondary N) is 1. The third kappa shape index (κ3) is 4.99. The van der Waals surface area contributed by atoms with Crippen LogP contribution in [0.1, 0.15) is 35.7 Å². The summed E-state index contributed by atoms with van der Waals surface area (Å²) in [5.74, 6) is -0.182. The Labute approximate surface area is 233 Å². The average molecular weight is 557 g/mol. The van der Waals surface area contributed by atoms with Gasteiger partial charge in [0.25, 0.3) is 5.56 Å². The van der Waals surface area contributed by atoms with Crippen molar-refractivity contribution >= 4 is 45.7 Å². The van der Waals surface area contributed by atoms with Crippen LogP contribution < -0.4 is 5.56 Å². The minimum absolute atomic E-state index is 0.182. The first-order valence-electron chi connectivity index (χ1n) is 12.4. The molecule has 5 aromatic rings. The molecular weight excluding hydrogens is 535 g/mol. The van der Waals surface area contributed by atoms with Gasteiger partial charge in [-0.3, -0.25) is 9.59 Å². The molecule has 7 nitrogen and oxygen atoms in total. The molecule has 0 unspecified atom stereocenters. The number of hydrogen-bond acceptors (Lipinski definition) is 5. The first-order valence-corrected chi connectivity index (χ1v) is 13.2. The minimum atomic E-state index is -0.397. The lowest BCUT2D eigenvalue weighted by Crippen LogP contribution is -2.27. The van der Waals surface area contributed by atoms with E-state index in [1.165, 1.54) is 17.7 Å². The monoisotopic (exact) mass is 556 g/mol. The molecular formula is C30H22Cl2N4O3. The van der Waals surface area contributed by atoms with E-state index in [-0.39, 0.29) is 17.9 Å². The number of hydrazone groups is 1. The number of para-hydroxylation sites is 1. The quantitative estimate of drug-likeness (QED) is 0.249. The van der Waals surface area contributed by atoms with Gasteiger partial charge in [-0.05, 0) is 41.5 Å². The van der Waals surface area contributed by atoms with Crippen LogP contribution in [-0.2, 0) is 11.2 Å². The number of hydrogen-bond donors (Lipinski definition) is 1. The van der Waals surface area contributed by atoms with Crippen molar-refractivity contribution in [3.63, 3.8) is 0 Å². The second-order valence-corrected chi connectivity index (χ2v) is 10.2. The van der Waals surface area contributed by atoms with Gasteiger partial charge in [0.2, 0.25) is 5.91 Å². The molecule has 0 fully saturated rings. The number of aromatic amines is 1. The first kappa shape index (κ1) is 25.1. The van der Waals surface area contributed by atoms with Gasteiger partial charge in [0.15, 0.2) is 6.39 Å². The number of H-pyrrole nitrogens is 1. The minimum Gasteiger partial charge on any atom is -0.451 e. The number of aryl methyl sites for hydroxylation is 1. The highest BCUT2D eigenvalue weighted by Gasteiger charge is 2.35. The van der Waals surface area contributed by atoms with Crippen molar-refractivity contribution in [2.24, 2.45) is 5.10 Å². The lowest BCUT2D eigenvalue weighted by molar-refractivity contribution is -0.133.